The van der Waals surface area contributed by atoms with Crippen molar-refractivity contribution in [2.45, 2.75) is 83.8 Å². The zero-order valence-electron chi connectivity index (χ0n) is 12.6. The molecule has 2 heterocycles. The van der Waals surface area contributed by atoms with Gasteiger partial charge < -0.3 is 10.2 Å². The molecule has 2 atom stereocenters. The van der Waals surface area contributed by atoms with E-state index in [-0.39, 0.29) is 0 Å². The maximum absolute atomic E-state index is 3.77. The lowest BCUT2D eigenvalue weighted by atomic mass is 9.95. The van der Waals surface area contributed by atoms with Crippen LogP contribution in [0, 0.1) is 5.92 Å². The zero-order valence-corrected chi connectivity index (χ0v) is 12.6. The molecule has 2 fully saturated rings. The molecule has 0 aromatic heterocycles. The second-order valence-corrected chi connectivity index (χ2v) is 6.44. The van der Waals surface area contributed by atoms with Gasteiger partial charge in [0, 0.05) is 24.7 Å². The Kier molecular flexibility index (Phi) is 5.50. The maximum atomic E-state index is 3.77. The summed E-state index contributed by atoms with van der Waals surface area (Å²) in [5.41, 5.74) is 0. The van der Waals surface area contributed by atoms with E-state index in [1.807, 2.05) is 0 Å². The molecule has 2 saturated heterocycles. The Bertz CT molecular complexity index is 225. The fraction of sp³-hybridized carbons (Fsp3) is 1.00. The average molecular weight is 252 g/mol. The van der Waals surface area contributed by atoms with E-state index in [2.05, 4.69) is 31.0 Å². The van der Waals surface area contributed by atoms with E-state index < -0.39 is 0 Å². The van der Waals surface area contributed by atoms with E-state index in [9.17, 15) is 0 Å². The Morgan fingerprint density at radius 2 is 1.67 bits per heavy atom. The zero-order chi connectivity index (χ0) is 13.0. The van der Waals surface area contributed by atoms with E-state index >= 15 is 0 Å². The van der Waals surface area contributed by atoms with Crippen LogP contribution in [0.4, 0.5) is 0 Å². The molecule has 0 saturated carbocycles. The van der Waals surface area contributed by atoms with Crippen LogP contribution in [0.5, 0.6) is 0 Å². The van der Waals surface area contributed by atoms with Gasteiger partial charge >= 0.3 is 0 Å². The van der Waals surface area contributed by atoms with Crippen molar-refractivity contribution < 1.29 is 0 Å². The number of hydrogen-bond acceptors (Lipinski definition) is 2. The number of piperidine rings is 1. The fourth-order valence-corrected chi connectivity index (χ4v) is 3.91. The van der Waals surface area contributed by atoms with E-state index in [1.165, 1.54) is 58.0 Å². The van der Waals surface area contributed by atoms with Crippen molar-refractivity contribution >= 4 is 0 Å². The molecule has 2 unspecified atom stereocenters. The first-order chi connectivity index (χ1) is 8.76. The SMILES string of the molecule is CCCN(CC(CC)CC)C1CC2CCC(C1)N2. The topological polar surface area (TPSA) is 15.3 Å². The van der Waals surface area contributed by atoms with Gasteiger partial charge in [0.2, 0.25) is 0 Å². The molecule has 0 amide bonds. The third kappa shape index (κ3) is 3.48. The molecule has 18 heavy (non-hydrogen) atoms. The summed E-state index contributed by atoms with van der Waals surface area (Å²) < 4.78 is 0. The second kappa shape index (κ2) is 6.91. The summed E-state index contributed by atoms with van der Waals surface area (Å²) in [6.45, 7) is 9.68. The molecule has 0 aromatic carbocycles. The van der Waals surface area contributed by atoms with Crippen molar-refractivity contribution in [2.24, 2.45) is 5.92 Å². The summed E-state index contributed by atoms with van der Waals surface area (Å²) >= 11 is 0. The summed E-state index contributed by atoms with van der Waals surface area (Å²) in [5, 5.41) is 3.77. The van der Waals surface area contributed by atoms with Crippen LogP contribution in [0.3, 0.4) is 0 Å². The van der Waals surface area contributed by atoms with Gasteiger partial charge in [-0.3, -0.25) is 0 Å². The van der Waals surface area contributed by atoms with Crippen LogP contribution < -0.4 is 5.32 Å². The quantitative estimate of drug-likeness (QED) is 0.747. The third-order valence-corrected chi connectivity index (χ3v) is 5.12. The van der Waals surface area contributed by atoms with Crippen LogP contribution in [0.25, 0.3) is 0 Å². The molecule has 2 aliphatic heterocycles. The highest BCUT2D eigenvalue weighted by atomic mass is 15.2. The molecule has 1 N–H and O–H groups in total. The largest absolute Gasteiger partial charge is 0.311 e. The molecule has 0 aromatic rings. The lowest BCUT2D eigenvalue weighted by Gasteiger charge is -2.39. The monoisotopic (exact) mass is 252 g/mol. The molecule has 0 aliphatic carbocycles. The number of fused-ring (bicyclic) bond motifs is 2. The summed E-state index contributed by atoms with van der Waals surface area (Å²) in [6, 6.07) is 2.52. The van der Waals surface area contributed by atoms with Crippen molar-refractivity contribution in [1.29, 1.82) is 0 Å². The lowest BCUT2D eigenvalue weighted by Crippen LogP contribution is -2.49. The van der Waals surface area contributed by atoms with Crippen LogP contribution in [-0.2, 0) is 0 Å². The average Bonchev–Trinajstić information content (AvgIpc) is 2.73. The van der Waals surface area contributed by atoms with Crippen molar-refractivity contribution in [3.05, 3.63) is 0 Å². The number of hydrogen-bond donors (Lipinski definition) is 1. The molecule has 0 radical (unpaired) electrons. The van der Waals surface area contributed by atoms with E-state index in [0.29, 0.717) is 0 Å². The molecule has 0 spiro atoms. The Hall–Kier alpha value is -0.0800. The number of nitrogens with one attached hydrogen (secondary N) is 1. The fourth-order valence-electron chi connectivity index (χ4n) is 3.91. The van der Waals surface area contributed by atoms with Gasteiger partial charge in [0.25, 0.3) is 0 Å². The highest BCUT2D eigenvalue weighted by Crippen LogP contribution is 2.30. The van der Waals surface area contributed by atoms with Crippen molar-refractivity contribution in [3.63, 3.8) is 0 Å². The van der Waals surface area contributed by atoms with Crippen molar-refractivity contribution in [3.8, 4) is 0 Å². The smallest absolute Gasteiger partial charge is 0.0125 e. The summed E-state index contributed by atoms with van der Waals surface area (Å²) in [7, 11) is 0. The summed E-state index contributed by atoms with van der Waals surface area (Å²) in [6.07, 6.45) is 9.63. The standard InChI is InChI=1S/C16H32N2/c1-4-9-18(12-13(5-2)6-3)16-10-14-7-8-15(11-16)17-14/h13-17H,4-12H2,1-3H3. The van der Waals surface area contributed by atoms with Crippen molar-refractivity contribution in [1.82, 2.24) is 10.2 Å². The molecular weight excluding hydrogens is 220 g/mol. The predicted octanol–water partition coefficient (Wildman–Crippen LogP) is 3.42. The first kappa shape index (κ1) is 14.3. The molecule has 106 valence electrons. The van der Waals surface area contributed by atoms with Gasteiger partial charge in [-0.2, -0.15) is 0 Å². The minimum Gasteiger partial charge on any atom is -0.311 e. The van der Waals surface area contributed by atoms with Gasteiger partial charge in [0.15, 0.2) is 0 Å². The van der Waals surface area contributed by atoms with Gasteiger partial charge in [-0.25, -0.2) is 0 Å². The van der Waals surface area contributed by atoms with Crippen LogP contribution in [0.15, 0.2) is 0 Å². The van der Waals surface area contributed by atoms with E-state index in [1.54, 1.807) is 0 Å². The molecule has 2 heteroatoms. The normalized spacial score (nSPS) is 31.5. The predicted molar refractivity (Wildman–Crippen MR) is 78.9 cm³/mol. The van der Waals surface area contributed by atoms with E-state index in [4.69, 9.17) is 0 Å². The molecule has 2 bridgehead atoms. The van der Waals surface area contributed by atoms with Crippen molar-refractivity contribution in [2.75, 3.05) is 13.1 Å². The van der Waals surface area contributed by atoms with Gasteiger partial charge in [-0.05, 0) is 44.6 Å². The molecule has 2 nitrogen and oxygen atoms in total. The van der Waals surface area contributed by atoms with Crippen LogP contribution >= 0.6 is 0 Å². The Morgan fingerprint density at radius 1 is 1.06 bits per heavy atom. The lowest BCUT2D eigenvalue weighted by molar-refractivity contribution is 0.118. The van der Waals surface area contributed by atoms with Gasteiger partial charge in [0.05, 0.1) is 0 Å². The maximum Gasteiger partial charge on any atom is 0.0125 e. The Labute approximate surface area is 114 Å². The van der Waals surface area contributed by atoms with Crippen LogP contribution in [-0.4, -0.2) is 36.1 Å². The van der Waals surface area contributed by atoms with Gasteiger partial charge in [-0.15, -0.1) is 0 Å². The molecule has 2 aliphatic rings. The van der Waals surface area contributed by atoms with E-state index in [0.717, 1.165) is 24.0 Å². The minimum atomic E-state index is 0.829. The summed E-state index contributed by atoms with van der Waals surface area (Å²) in [4.78, 5) is 2.82. The number of nitrogens with zero attached hydrogens (tertiary/aromatic N) is 1. The first-order valence-corrected chi connectivity index (χ1v) is 8.26. The molecule has 2 rings (SSSR count). The highest BCUT2D eigenvalue weighted by Gasteiger charge is 2.35. The Balaban J connectivity index is 1.91. The van der Waals surface area contributed by atoms with Gasteiger partial charge in [-0.1, -0.05) is 33.6 Å². The van der Waals surface area contributed by atoms with Gasteiger partial charge in [0.1, 0.15) is 0 Å². The molecular formula is C16H32N2. The Morgan fingerprint density at radius 3 is 2.17 bits per heavy atom. The highest BCUT2D eigenvalue weighted by molar-refractivity contribution is 4.95. The third-order valence-electron chi connectivity index (χ3n) is 5.12. The summed E-state index contributed by atoms with van der Waals surface area (Å²) in [5.74, 6) is 0.907. The first-order valence-electron chi connectivity index (χ1n) is 8.26. The minimum absolute atomic E-state index is 0.829. The second-order valence-electron chi connectivity index (χ2n) is 6.44. The van der Waals surface area contributed by atoms with Crippen LogP contribution in [0.2, 0.25) is 0 Å². The number of rotatable bonds is 7. The van der Waals surface area contributed by atoms with Crippen LogP contribution in [0.1, 0.15) is 65.7 Å².